The average Bonchev–Trinajstić information content (AvgIpc) is 2.50. The van der Waals surface area contributed by atoms with E-state index in [4.69, 9.17) is 5.26 Å². The number of amides is 2. The molecule has 1 atom stereocenters. The predicted molar refractivity (Wildman–Crippen MR) is 85.2 cm³/mol. The van der Waals surface area contributed by atoms with Crippen LogP contribution in [-0.4, -0.2) is 37.1 Å². The average molecular weight is 288 g/mol. The molecular weight excluding hydrogens is 264 g/mol. The van der Waals surface area contributed by atoms with Crippen LogP contribution in [0, 0.1) is 11.3 Å². The third-order valence-corrected chi connectivity index (χ3v) is 3.23. The molecule has 5 heteroatoms. The maximum atomic E-state index is 11.8. The highest BCUT2D eigenvalue weighted by molar-refractivity contribution is 5.89. The highest BCUT2D eigenvalue weighted by atomic mass is 16.2. The number of carbonyl (C=O) groups excluding carboxylic acids is 1. The van der Waals surface area contributed by atoms with Crippen LogP contribution in [0.3, 0.4) is 0 Å². The fourth-order valence-corrected chi connectivity index (χ4v) is 2.26. The maximum Gasteiger partial charge on any atom is 0.319 e. The second kappa shape index (κ2) is 8.98. The second-order valence-electron chi connectivity index (χ2n) is 4.89. The molecule has 1 heterocycles. The number of benzene rings is 1. The summed E-state index contributed by atoms with van der Waals surface area (Å²) in [5.74, 6) is 0. The van der Waals surface area contributed by atoms with Crippen LogP contribution in [0.25, 0.3) is 0 Å². The lowest BCUT2D eigenvalue weighted by molar-refractivity contribution is 0.216. The van der Waals surface area contributed by atoms with Crippen molar-refractivity contribution in [1.29, 1.82) is 5.26 Å². The van der Waals surface area contributed by atoms with Crippen molar-refractivity contribution in [3.8, 4) is 6.07 Å². The Hall–Kier alpha value is -2.06. The number of nitrogens with zero attached hydrogens (tertiary/aromatic N) is 2. The molecule has 1 fully saturated rings. The first-order valence-corrected chi connectivity index (χ1v) is 7.43. The molecule has 0 bridgehead atoms. The molecule has 5 nitrogen and oxygen atoms in total. The number of anilines is 1. The van der Waals surface area contributed by atoms with Gasteiger partial charge in [0, 0.05) is 18.3 Å². The van der Waals surface area contributed by atoms with Crippen molar-refractivity contribution in [1.82, 2.24) is 10.2 Å². The van der Waals surface area contributed by atoms with Crippen LogP contribution >= 0.6 is 0 Å². The number of likely N-dealkylation sites (N-methyl/N-ethyl adjacent to an activating group) is 1. The first-order chi connectivity index (χ1) is 10.2. The van der Waals surface area contributed by atoms with E-state index in [9.17, 15) is 4.79 Å². The molecule has 21 heavy (non-hydrogen) atoms. The molecule has 1 aliphatic heterocycles. The fraction of sp³-hybridized carbons (Fsp3) is 0.500. The molecular formula is C16H24N4O. The van der Waals surface area contributed by atoms with Gasteiger partial charge in [-0.05, 0) is 50.7 Å². The highest BCUT2D eigenvalue weighted by Crippen LogP contribution is 2.10. The molecule has 0 radical (unpaired) electrons. The van der Waals surface area contributed by atoms with E-state index in [1.165, 1.54) is 0 Å². The summed E-state index contributed by atoms with van der Waals surface area (Å²) in [6, 6.07) is 8.88. The summed E-state index contributed by atoms with van der Waals surface area (Å²) in [5.41, 5.74) is 1.28. The van der Waals surface area contributed by atoms with Gasteiger partial charge in [0.2, 0.25) is 0 Å². The van der Waals surface area contributed by atoms with E-state index >= 15 is 0 Å². The molecule has 2 rings (SSSR count). The lowest BCUT2D eigenvalue weighted by Crippen LogP contribution is -2.47. The molecule has 0 unspecified atom stereocenters. The minimum absolute atomic E-state index is 0.190. The molecule has 1 saturated heterocycles. The van der Waals surface area contributed by atoms with Crippen LogP contribution in [0.2, 0.25) is 0 Å². The van der Waals surface area contributed by atoms with Crippen LogP contribution in [0.5, 0.6) is 0 Å². The number of nitriles is 1. The van der Waals surface area contributed by atoms with E-state index in [0.717, 1.165) is 25.9 Å². The Morgan fingerprint density at radius 3 is 2.57 bits per heavy atom. The van der Waals surface area contributed by atoms with E-state index in [1.54, 1.807) is 24.3 Å². The van der Waals surface area contributed by atoms with Crippen LogP contribution in [0.15, 0.2) is 24.3 Å². The fourth-order valence-electron chi connectivity index (χ4n) is 2.26. The van der Waals surface area contributed by atoms with Crippen molar-refractivity contribution in [3.05, 3.63) is 29.8 Å². The SMILES string of the molecule is CC.CN1CCC[C@@H](NC(=O)Nc2ccc(C#N)cc2)C1. The van der Waals surface area contributed by atoms with Crippen molar-refractivity contribution >= 4 is 11.7 Å². The summed E-state index contributed by atoms with van der Waals surface area (Å²) < 4.78 is 0. The quantitative estimate of drug-likeness (QED) is 0.879. The molecule has 1 aromatic carbocycles. The van der Waals surface area contributed by atoms with Gasteiger partial charge in [-0.15, -0.1) is 0 Å². The number of carbonyl (C=O) groups is 1. The Morgan fingerprint density at radius 1 is 1.33 bits per heavy atom. The molecule has 2 N–H and O–H groups in total. The number of hydrogen-bond donors (Lipinski definition) is 2. The molecule has 0 aliphatic carbocycles. The zero-order valence-electron chi connectivity index (χ0n) is 13.0. The lowest BCUT2D eigenvalue weighted by Gasteiger charge is -2.30. The van der Waals surface area contributed by atoms with Crippen LogP contribution in [0.1, 0.15) is 32.3 Å². The van der Waals surface area contributed by atoms with Crippen molar-refractivity contribution in [2.24, 2.45) is 0 Å². The summed E-state index contributed by atoms with van der Waals surface area (Å²) >= 11 is 0. The molecule has 114 valence electrons. The minimum Gasteiger partial charge on any atom is -0.334 e. The molecule has 0 spiro atoms. The van der Waals surface area contributed by atoms with Gasteiger partial charge in [0.1, 0.15) is 0 Å². The monoisotopic (exact) mass is 288 g/mol. The van der Waals surface area contributed by atoms with E-state index in [1.807, 2.05) is 19.9 Å². The lowest BCUT2D eigenvalue weighted by atomic mass is 10.1. The largest absolute Gasteiger partial charge is 0.334 e. The van der Waals surface area contributed by atoms with E-state index in [-0.39, 0.29) is 12.1 Å². The molecule has 0 saturated carbocycles. The van der Waals surface area contributed by atoms with E-state index in [0.29, 0.717) is 11.3 Å². The van der Waals surface area contributed by atoms with Crippen LogP contribution in [-0.2, 0) is 0 Å². The van der Waals surface area contributed by atoms with Crippen molar-refractivity contribution in [2.75, 3.05) is 25.5 Å². The maximum absolute atomic E-state index is 11.8. The Morgan fingerprint density at radius 2 is 2.00 bits per heavy atom. The minimum atomic E-state index is -0.190. The van der Waals surface area contributed by atoms with E-state index in [2.05, 4.69) is 22.6 Å². The summed E-state index contributed by atoms with van der Waals surface area (Å²) in [6.45, 7) is 5.98. The number of urea groups is 1. The van der Waals surface area contributed by atoms with Gasteiger partial charge in [-0.2, -0.15) is 5.26 Å². The second-order valence-corrected chi connectivity index (χ2v) is 4.89. The summed E-state index contributed by atoms with van der Waals surface area (Å²) in [7, 11) is 2.06. The van der Waals surface area contributed by atoms with Crippen molar-refractivity contribution in [2.45, 2.75) is 32.7 Å². The standard InChI is InChI=1S/C14H18N4O.C2H6/c1-18-8-2-3-13(10-18)17-14(19)16-12-6-4-11(9-15)5-7-12;1-2/h4-7,13H,2-3,8,10H2,1H3,(H2,16,17,19);1-2H3/t13-;/m1./s1. The van der Waals surface area contributed by atoms with Crippen molar-refractivity contribution in [3.63, 3.8) is 0 Å². The first-order valence-electron chi connectivity index (χ1n) is 7.43. The number of nitrogens with one attached hydrogen (secondary N) is 2. The van der Waals surface area contributed by atoms with Gasteiger partial charge in [-0.3, -0.25) is 0 Å². The number of rotatable bonds is 2. The smallest absolute Gasteiger partial charge is 0.319 e. The normalized spacial score (nSPS) is 17.9. The Balaban J connectivity index is 0.00000106. The summed E-state index contributed by atoms with van der Waals surface area (Å²) in [4.78, 5) is 14.1. The molecule has 1 aliphatic rings. The van der Waals surface area contributed by atoms with Crippen LogP contribution < -0.4 is 10.6 Å². The van der Waals surface area contributed by atoms with Gasteiger partial charge < -0.3 is 15.5 Å². The number of piperidine rings is 1. The van der Waals surface area contributed by atoms with Gasteiger partial charge in [-0.25, -0.2) is 4.79 Å². The Labute approximate surface area is 126 Å². The van der Waals surface area contributed by atoms with Gasteiger partial charge in [-0.1, -0.05) is 13.8 Å². The van der Waals surface area contributed by atoms with Gasteiger partial charge in [0.05, 0.1) is 11.6 Å². The zero-order chi connectivity index (χ0) is 15.7. The van der Waals surface area contributed by atoms with E-state index < -0.39 is 0 Å². The third kappa shape index (κ3) is 5.84. The Kier molecular flexibility index (Phi) is 7.27. The first kappa shape index (κ1) is 17.0. The topological polar surface area (TPSA) is 68.2 Å². The molecule has 0 aromatic heterocycles. The summed E-state index contributed by atoms with van der Waals surface area (Å²) in [6.07, 6.45) is 2.13. The third-order valence-electron chi connectivity index (χ3n) is 3.23. The van der Waals surface area contributed by atoms with Crippen molar-refractivity contribution < 1.29 is 4.79 Å². The predicted octanol–water partition coefficient (Wildman–Crippen LogP) is 2.80. The molecule has 2 amide bonds. The zero-order valence-corrected chi connectivity index (χ0v) is 13.0. The number of likely N-dealkylation sites (tertiary alicyclic amines) is 1. The highest BCUT2D eigenvalue weighted by Gasteiger charge is 2.18. The molecule has 1 aromatic rings. The summed E-state index contributed by atoms with van der Waals surface area (Å²) in [5, 5.41) is 14.4. The van der Waals surface area contributed by atoms with Gasteiger partial charge >= 0.3 is 6.03 Å². The van der Waals surface area contributed by atoms with Gasteiger partial charge in [0.25, 0.3) is 0 Å². The number of hydrogen-bond acceptors (Lipinski definition) is 3. The Bertz CT molecular complexity index is 478. The van der Waals surface area contributed by atoms with Crippen LogP contribution in [0.4, 0.5) is 10.5 Å². The van der Waals surface area contributed by atoms with Gasteiger partial charge in [0.15, 0.2) is 0 Å².